The Balaban J connectivity index is 1.45. The van der Waals surface area contributed by atoms with E-state index in [1.54, 1.807) is 0 Å². The maximum absolute atomic E-state index is 11.5. The van der Waals surface area contributed by atoms with Gasteiger partial charge in [0.2, 0.25) is 0 Å². The third-order valence-electron chi connectivity index (χ3n) is 3.17. The van der Waals surface area contributed by atoms with Crippen LogP contribution < -0.4 is 0 Å². The lowest BCUT2D eigenvalue weighted by Gasteiger charge is -2.08. The van der Waals surface area contributed by atoms with E-state index in [2.05, 4.69) is 9.47 Å². The van der Waals surface area contributed by atoms with E-state index in [0.29, 0.717) is 12.8 Å². The Bertz CT molecular complexity index is 444. The van der Waals surface area contributed by atoms with Crippen molar-refractivity contribution in [3.05, 3.63) is 0 Å². The fraction of sp³-hybridized carbons (Fsp3) is 0.714. The molecule has 0 N–H and O–H groups in total. The molecule has 0 aliphatic carbocycles. The van der Waals surface area contributed by atoms with Crippen LogP contribution in [0.1, 0.15) is 25.7 Å². The number of esters is 2. The average Bonchev–Trinajstić information content (AvgIpc) is 3.16. The molecule has 2 rings (SSSR count). The number of carbonyl (C=O) groups excluding carboxylic acids is 4. The first kappa shape index (κ1) is 17.8. The molecule has 2 fully saturated rings. The number of carbonyl (C=O) groups is 4. The van der Waals surface area contributed by atoms with Crippen molar-refractivity contribution in [2.45, 2.75) is 37.9 Å². The number of rotatable bonds is 9. The molecule has 134 valence electrons. The van der Waals surface area contributed by atoms with E-state index in [1.807, 2.05) is 0 Å². The van der Waals surface area contributed by atoms with E-state index in [4.69, 9.17) is 18.9 Å². The van der Waals surface area contributed by atoms with Gasteiger partial charge in [-0.05, 0) is 12.8 Å². The van der Waals surface area contributed by atoms with Gasteiger partial charge in [0.15, 0.2) is 12.2 Å². The van der Waals surface area contributed by atoms with E-state index in [0.717, 1.165) is 0 Å². The summed E-state index contributed by atoms with van der Waals surface area (Å²) in [5.41, 5.74) is 0. The molecule has 0 saturated carbocycles. The van der Waals surface area contributed by atoms with Gasteiger partial charge in [-0.2, -0.15) is 0 Å². The van der Waals surface area contributed by atoms with Crippen LogP contribution in [-0.4, -0.2) is 62.9 Å². The van der Waals surface area contributed by atoms with Gasteiger partial charge >= 0.3 is 24.2 Å². The van der Waals surface area contributed by atoms with E-state index >= 15 is 0 Å². The van der Waals surface area contributed by atoms with Gasteiger partial charge in [0, 0.05) is 12.8 Å². The molecule has 24 heavy (non-hydrogen) atoms. The number of ether oxygens (including phenoxy) is 6. The summed E-state index contributed by atoms with van der Waals surface area (Å²) in [6, 6.07) is 0. The SMILES string of the molecule is O=C(CCCCC(=O)OCC1COC(=O)O1)OCC1COC(=O)O1. The molecule has 0 aromatic carbocycles. The smallest absolute Gasteiger partial charge is 0.462 e. The lowest BCUT2D eigenvalue weighted by molar-refractivity contribution is -0.148. The van der Waals surface area contributed by atoms with Crippen LogP contribution in [0.2, 0.25) is 0 Å². The van der Waals surface area contributed by atoms with Crippen LogP contribution in [0.25, 0.3) is 0 Å². The Morgan fingerprint density at radius 3 is 1.58 bits per heavy atom. The van der Waals surface area contributed by atoms with Crippen LogP contribution in [0.15, 0.2) is 0 Å². The summed E-state index contributed by atoms with van der Waals surface area (Å²) in [6.07, 6.45) is -1.48. The minimum Gasteiger partial charge on any atom is -0.462 e. The fourth-order valence-electron chi connectivity index (χ4n) is 1.95. The molecule has 2 heterocycles. The fourth-order valence-corrected chi connectivity index (χ4v) is 1.95. The highest BCUT2D eigenvalue weighted by Gasteiger charge is 2.27. The first-order chi connectivity index (χ1) is 11.5. The molecule has 0 aromatic heterocycles. The molecule has 2 atom stereocenters. The summed E-state index contributed by atoms with van der Waals surface area (Å²) in [5, 5.41) is 0. The number of cyclic esters (lactones) is 4. The van der Waals surface area contributed by atoms with Crippen molar-refractivity contribution >= 4 is 24.2 Å². The molecule has 0 bridgehead atoms. The lowest BCUT2D eigenvalue weighted by atomic mass is 10.2. The largest absolute Gasteiger partial charge is 0.508 e. The molecule has 2 saturated heterocycles. The third-order valence-corrected chi connectivity index (χ3v) is 3.17. The maximum Gasteiger partial charge on any atom is 0.508 e. The van der Waals surface area contributed by atoms with Crippen molar-refractivity contribution in [3.63, 3.8) is 0 Å². The van der Waals surface area contributed by atoms with Gasteiger partial charge < -0.3 is 28.4 Å². The van der Waals surface area contributed by atoms with Crippen LogP contribution in [0.3, 0.4) is 0 Å². The van der Waals surface area contributed by atoms with Gasteiger partial charge in [-0.1, -0.05) is 0 Å². The second kappa shape index (κ2) is 8.94. The molecule has 0 aromatic rings. The highest BCUT2D eigenvalue weighted by atomic mass is 16.8. The van der Waals surface area contributed by atoms with E-state index in [1.165, 1.54) is 0 Å². The minimum absolute atomic E-state index is 0.0468. The van der Waals surface area contributed by atoms with Crippen LogP contribution in [0.5, 0.6) is 0 Å². The van der Waals surface area contributed by atoms with Crippen LogP contribution in [-0.2, 0) is 38.0 Å². The van der Waals surface area contributed by atoms with E-state index in [9.17, 15) is 19.2 Å². The Kier molecular flexibility index (Phi) is 6.64. The van der Waals surface area contributed by atoms with Gasteiger partial charge in [-0.25, -0.2) is 9.59 Å². The Morgan fingerprint density at radius 1 is 0.833 bits per heavy atom. The van der Waals surface area contributed by atoms with Crippen LogP contribution >= 0.6 is 0 Å². The Labute approximate surface area is 137 Å². The zero-order chi connectivity index (χ0) is 17.4. The zero-order valence-electron chi connectivity index (χ0n) is 12.9. The summed E-state index contributed by atoms with van der Waals surface area (Å²) < 4.78 is 28.4. The molecule has 2 aliphatic heterocycles. The summed E-state index contributed by atoms with van der Waals surface area (Å²) in [4.78, 5) is 44.3. The van der Waals surface area contributed by atoms with Crippen molar-refractivity contribution in [2.24, 2.45) is 0 Å². The Morgan fingerprint density at radius 2 is 1.25 bits per heavy atom. The minimum atomic E-state index is -0.770. The van der Waals surface area contributed by atoms with Gasteiger partial charge in [0.25, 0.3) is 0 Å². The van der Waals surface area contributed by atoms with Crippen molar-refractivity contribution in [1.29, 1.82) is 0 Å². The summed E-state index contributed by atoms with van der Waals surface area (Å²) in [7, 11) is 0. The average molecular weight is 346 g/mol. The normalized spacial score (nSPS) is 22.2. The first-order valence-electron chi connectivity index (χ1n) is 7.51. The molecule has 2 unspecified atom stereocenters. The predicted octanol–water partition coefficient (Wildman–Crippen LogP) is 0.704. The second-order valence-corrected chi connectivity index (χ2v) is 5.17. The molecular weight excluding hydrogens is 328 g/mol. The van der Waals surface area contributed by atoms with Gasteiger partial charge in [-0.15, -0.1) is 0 Å². The first-order valence-corrected chi connectivity index (χ1v) is 7.51. The summed E-state index contributed by atoms with van der Waals surface area (Å²) in [5.74, 6) is -0.886. The standard InChI is InChI=1S/C14H18O10/c15-11(19-5-9-7-21-13(17)23-9)3-1-2-4-12(16)20-6-10-8-22-14(18)24-10/h9-10H,1-8H2. The summed E-state index contributed by atoms with van der Waals surface area (Å²) in [6.45, 7) is 0.0438. The number of unbranched alkanes of at least 4 members (excludes halogenated alkanes) is 1. The third kappa shape index (κ3) is 6.31. The Hall–Kier alpha value is -2.52. The van der Waals surface area contributed by atoms with E-state index < -0.39 is 36.5 Å². The topological polar surface area (TPSA) is 124 Å². The number of hydrogen-bond donors (Lipinski definition) is 0. The van der Waals surface area contributed by atoms with Gasteiger partial charge in [0.1, 0.15) is 26.4 Å². The lowest BCUT2D eigenvalue weighted by Crippen LogP contribution is -2.21. The quantitative estimate of drug-likeness (QED) is 0.335. The molecule has 0 radical (unpaired) electrons. The molecule has 10 nitrogen and oxygen atoms in total. The van der Waals surface area contributed by atoms with Gasteiger partial charge in [0.05, 0.1) is 0 Å². The van der Waals surface area contributed by atoms with Crippen molar-refractivity contribution < 1.29 is 47.6 Å². The molecule has 0 spiro atoms. The molecule has 2 aliphatic rings. The molecule has 10 heteroatoms. The van der Waals surface area contributed by atoms with Crippen molar-refractivity contribution in [1.82, 2.24) is 0 Å². The highest BCUT2D eigenvalue weighted by molar-refractivity contribution is 5.70. The predicted molar refractivity (Wildman–Crippen MR) is 72.8 cm³/mol. The van der Waals surface area contributed by atoms with Crippen LogP contribution in [0, 0.1) is 0 Å². The van der Waals surface area contributed by atoms with Crippen molar-refractivity contribution in [2.75, 3.05) is 26.4 Å². The maximum atomic E-state index is 11.5. The monoisotopic (exact) mass is 346 g/mol. The summed E-state index contributed by atoms with van der Waals surface area (Å²) >= 11 is 0. The van der Waals surface area contributed by atoms with Gasteiger partial charge in [-0.3, -0.25) is 9.59 Å². The van der Waals surface area contributed by atoms with Crippen LogP contribution in [0.4, 0.5) is 9.59 Å². The molecular formula is C14H18O10. The van der Waals surface area contributed by atoms with Crippen molar-refractivity contribution in [3.8, 4) is 0 Å². The molecule has 0 amide bonds. The number of hydrogen-bond acceptors (Lipinski definition) is 10. The second-order valence-electron chi connectivity index (χ2n) is 5.17. The van der Waals surface area contributed by atoms with E-state index in [-0.39, 0.29) is 39.3 Å². The zero-order valence-corrected chi connectivity index (χ0v) is 12.9. The highest BCUT2D eigenvalue weighted by Crippen LogP contribution is 2.09.